The van der Waals surface area contributed by atoms with Crippen LogP contribution in [0.2, 0.25) is 0 Å². The van der Waals surface area contributed by atoms with Crippen molar-refractivity contribution in [1.82, 2.24) is 0 Å². The van der Waals surface area contributed by atoms with E-state index >= 15 is 0 Å². The molecule has 1 aromatic carbocycles. The van der Waals surface area contributed by atoms with Crippen molar-refractivity contribution in [2.75, 3.05) is 13.2 Å². The van der Waals surface area contributed by atoms with Gasteiger partial charge in [0.25, 0.3) is 0 Å². The smallest absolute Gasteiger partial charge is 0.336 e. The van der Waals surface area contributed by atoms with Gasteiger partial charge in [0.2, 0.25) is 0 Å². The Balaban J connectivity index is 0.000000213. The molecule has 19 heavy (non-hydrogen) atoms. The molecule has 0 saturated carbocycles. The first-order valence-electron chi connectivity index (χ1n) is 6.34. The minimum atomic E-state index is -0.376. The zero-order valence-corrected chi connectivity index (χ0v) is 11.6. The minimum Gasteiger partial charge on any atom is -0.463 e. The summed E-state index contributed by atoms with van der Waals surface area (Å²) in [5.74, 6) is 1.68. The molecule has 0 fully saturated rings. The van der Waals surface area contributed by atoms with Crippen LogP contribution in [0, 0.1) is 0 Å². The predicted octanol–water partition coefficient (Wildman–Crippen LogP) is 3.32. The van der Waals surface area contributed by atoms with E-state index in [2.05, 4.69) is 6.58 Å². The predicted molar refractivity (Wildman–Crippen MR) is 73.4 cm³/mol. The monoisotopic (exact) mass is 264 g/mol. The Morgan fingerprint density at radius 1 is 1.26 bits per heavy atom. The third kappa shape index (κ3) is 5.14. The summed E-state index contributed by atoms with van der Waals surface area (Å²) in [6.45, 7) is 9.94. The second-order valence-corrected chi connectivity index (χ2v) is 3.89. The van der Waals surface area contributed by atoms with Crippen LogP contribution < -0.4 is 4.74 Å². The highest BCUT2D eigenvalue weighted by atomic mass is 16.6. The van der Waals surface area contributed by atoms with Crippen LogP contribution in [0.4, 0.5) is 0 Å². The Morgan fingerprint density at radius 2 is 1.84 bits per heavy atom. The van der Waals surface area contributed by atoms with Crippen molar-refractivity contribution in [3.63, 3.8) is 0 Å². The van der Waals surface area contributed by atoms with E-state index in [0.29, 0.717) is 18.8 Å². The molecule has 0 spiro atoms. The van der Waals surface area contributed by atoms with E-state index in [4.69, 9.17) is 14.2 Å². The number of para-hydroxylation sites is 2. The molecule has 104 valence electrons. The number of ether oxygens (including phenoxy) is 3. The fraction of sp³-hybridized carbons (Fsp3) is 0.400. The number of fused-ring (bicyclic) bond motifs is 1. The van der Waals surface area contributed by atoms with Crippen LogP contribution in [-0.2, 0) is 14.3 Å². The zero-order chi connectivity index (χ0) is 14.3. The number of rotatable bonds is 5. The molecule has 1 unspecified atom stereocenters. The van der Waals surface area contributed by atoms with Crippen molar-refractivity contribution in [1.29, 1.82) is 0 Å². The molecule has 1 aliphatic rings. The molecular formula is C15H20O4. The van der Waals surface area contributed by atoms with E-state index in [0.717, 1.165) is 11.5 Å². The van der Waals surface area contributed by atoms with Crippen LogP contribution in [0.1, 0.15) is 20.8 Å². The third-order valence-corrected chi connectivity index (χ3v) is 2.47. The van der Waals surface area contributed by atoms with Crippen molar-refractivity contribution < 1.29 is 19.0 Å². The Hall–Kier alpha value is -1.81. The molecule has 0 bridgehead atoms. The SMILES string of the molecule is C=C(C(=O)OCC)C(C)OCC.c1ccc2c(c1)O2. The van der Waals surface area contributed by atoms with Crippen molar-refractivity contribution in [3.05, 3.63) is 36.4 Å². The van der Waals surface area contributed by atoms with Crippen LogP contribution >= 0.6 is 0 Å². The molecule has 4 nitrogen and oxygen atoms in total. The molecule has 4 heteroatoms. The van der Waals surface area contributed by atoms with Crippen LogP contribution in [0.15, 0.2) is 36.4 Å². The molecule has 0 amide bonds. The van der Waals surface area contributed by atoms with E-state index in [-0.39, 0.29) is 12.1 Å². The first-order valence-corrected chi connectivity index (χ1v) is 6.34. The van der Waals surface area contributed by atoms with E-state index in [1.54, 1.807) is 13.8 Å². The summed E-state index contributed by atoms with van der Waals surface area (Å²) in [4.78, 5) is 11.1. The van der Waals surface area contributed by atoms with Gasteiger partial charge < -0.3 is 14.2 Å². The molecule has 0 aliphatic carbocycles. The van der Waals surface area contributed by atoms with Gasteiger partial charge in [-0.3, -0.25) is 0 Å². The van der Waals surface area contributed by atoms with Gasteiger partial charge in [-0.15, -0.1) is 0 Å². The van der Waals surface area contributed by atoms with Gasteiger partial charge in [-0.25, -0.2) is 4.79 Å². The molecular weight excluding hydrogens is 244 g/mol. The standard InChI is InChI=1S/C9H16O3.C6H4O/c1-5-11-8(4)7(3)9(10)12-6-2;1-2-4-6-5(3-1)7-6/h8H,3,5-6H2,1-2,4H3;1-4H. The highest BCUT2D eigenvalue weighted by molar-refractivity contribution is 5.88. The summed E-state index contributed by atoms with van der Waals surface area (Å²) in [7, 11) is 0. The summed E-state index contributed by atoms with van der Waals surface area (Å²) in [5, 5.41) is 0. The maximum atomic E-state index is 11.1. The van der Waals surface area contributed by atoms with Crippen molar-refractivity contribution >= 4 is 5.97 Å². The largest absolute Gasteiger partial charge is 0.463 e. The van der Waals surface area contributed by atoms with Crippen LogP contribution in [0.25, 0.3) is 0 Å². The lowest BCUT2D eigenvalue weighted by molar-refractivity contribution is -0.139. The third-order valence-electron chi connectivity index (χ3n) is 2.47. The topological polar surface area (TPSA) is 48.1 Å². The molecule has 0 saturated heterocycles. The van der Waals surface area contributed by atoms with Crippen LogP contribution in [0.5, 0.6) is 11.5 Å². The lowest BCUT2D eigenvalue weighted by Crippen LogP contribution is -2.19. The molecule has 2 rings (SSSR count). The highest BCUT2D eigenvalue weighted by Gasteiger charge is 2.16. The van der Waals surface area contributed by atoms with Gasteiger partial charge in [0.1, 0.15) is 0 Å². The molecule has 0 N–H and O–H groups in total. The minimum absolute atomic E-state index is 0.256. The van der Waals surface area contributed by atoms with Gasteiger partial charge in [0.15, 0.2) is 11.5 Å². The Bertz CT molecular complexity index is 419. The van der Waals surface area contributed by atoms with Gasteiger partial charge in [-0.1, -0.05) is 18.7 Å². The number of hydrogen-bond acceptors (Lipinski definition) is 4. The van der Waals surface area contributed by atoms with Gasteiger partial charge in [0, 0.05) is 6.61 Å². The summed E-state index contributed by atoms with van der Waals surface area (Å²) < 4.78 is 14.9. The maximum absolute atomic E-state index is 11.1. The van der Waals surface area contributed by atoms with Gasteiger partial charge >= 0.3 is 5.97 Å². The van der Waals surface area contributed by atoms with Crippen LogP contribution in [-0.4, -0.2) is 25.3 Å². The molecule has 1 atom stereocenters. The second kappa shape index (κ2) is 7.59. The molecule has 1 aliphatic heterocycles. The number of hydrogen-bond donors (Lipinski definition) is 0. The Morgan fingerprint density at radius 3 is 2.26 bits per heavy atom. The van der Waals surface area contributed by atoms with Gasteiger partial charge in [-0.2, -0.15) is 0 Å². The van der Waals surface area contributed by atoms with E-state index in [9.17, 15) is 4.79 Å². The highest BCUT2D eigenvalue weighted by Crippen LogP contribution is 2.43. The second-order valence-electron chi connectivity index (χ2n) is 3.89. The maximum Gasteiger partial charge on any atom is 0.336 e. The Kier molecular flexibility index (Phi) is 6.09. The number of carbonyl (C=O) groups is 1. The van der Waals surface area contributed by atoms with Crippen LogP contribution in [0.3, 0.4) is 0 Å². The lowest BCUT2D eigenvalue weighted by atomic mass is 10.2. The quantitative estimate of drug-likeness (QED) is 0.472. The average molecular weight is 264 g/mol. The number of esters is 1. The van der Waals surface area contributed by atoms with E-state index in [1.807, 2.05) is 31.2 Å². The summed E-state index contributed by atoms with van der Waals surface area (Å²) in [6, 6.07) is 7.84. The Labute approximate surface area is 114 Å². The zero-order valence-electron chi connectivity index (χ0n) is 11.6. The van der Waals surface area contributed by atoms with Gasteiger partial charge in [-0.05, 0) is 32.9 Å². The molecule has 0 aromatic heterocycles. The van der Waals surface area contributed by atoms with Gasteiger partial charge in [0.05, 0.1) is 18.3 Å². The first-order chi connectivity index (χ1) is 9.10. The molecule has 1 aromatic rings. The van der Waals surface area contributed by atoms with Crippen molar-refractivity contribution in [3.8, 4) is 11.5 Å². The van der Waals surface area contributed by atoms with Crippen molar-refractivity contribution in [2.45, 2.75) is 26.9 Å². The summed E-state index contributed by atoms with van der Waals surface area (Å²) in [5.41, 5.74) is 0.374. The normalized spacial score (nSPS) is 12.2. The summed E-state index contributed by atoms with van der Waals surface area (Å²) >= 11 is 0. The fourth-order valence-electron chi connectivity index (χ4n) is 1.35. The fourth-order valence-corrected chi connectivity index (χ4v) is 1.35. The average Bonchev–Trinajstić information content (AvgIpc) is 3.18. The molecule has 1 heterocycles. The summed E-state index contributed by atoms with van der Waals surface area (Å²) in [6.07, 6.45) is -0.256. The first kappa shape index (κ1) is 15.2. The van der Waals surface area contributed by atoms with E-state index < -0.39 is 0 Å². The number of benzene rings is 1. The molecule has 0 radical (unpaired) electrons. The lowest BCUT2D eigenvalue weighted by Gasteiger charge is -2.12. The number of carbonyl (C=O) groups excluding carboxylic acids is 1. The van der Waals surface area contributed by atoms with E-state index in [1.165, 1.54) is 0 Å². The van der Waals surface area contributed by atoms with Crippen molar-refractivity contribution in [2.24, 2.45) is 0 Å².